The van der Waals surface area contributed by atoms with Gasteiger partial charge in [0.05, 0.1) is 51.7 Å². The van der Waals surface area contributed by atoms with Crippen molar-refractivity contribution in [3.63, 3.8) is 0 Å². The van der Waals surface area contributed by atoms with E-state index in [2.05, 4.69) is 0 Å². The molecule has 4 heterocycles. The van der Waals surface area contributed by atoms with E-state index in [1.807, 2.05) is 13.0 Å². The topological polar surface area (TPSA) is 249 Å². The largest absolute Gasteiger partial charge is 0.459 e. The van der Waals surface area contributed by atoms with E-state index in [1.54, 1.807) is 171 Å². The summed E-state index contributed by atoms with van der Waals surface area (Å²) >= 11 is 1.26. The predicted molar refractivity (Wildman–Crippen MR) is 350 cm³/mol. The van der Waals surface area contributed by atoms with Crippen LogP contribution in [-0.4, -0.2) is 152 Å². The Kier molecular flexibility index (Phi) is 22.5. The van der Waals surface area contributed by atoms with Gasteiger partial charge in [0.2, 0.25) is 0 Å². The number of carbonyl (C=O) groups excluding carboxylic acids is 7. The van der Waals surface area contributed by atoms with Gasteiger partial charge in [-0.2, -0.15) is 0 Å². The van der Waals surface area contributed by atoms with E-state index in [4.69, 9.17) is 66.3 Å². The molecule has 0 radical (unpaired) electrons. The highest BCUT2D eigenvalue weighted by molar-refractivity contribution is 7.99. The summed E-state index contributed by atoms with van der Waals surface area (Å²) in [5, 5.41) is 0. The van der Waals surface area contributed by atoms with Crippen molar-refractivity contribution >= 4 is 53.5 Å². The van der Waals surface area contributed by atoms with E-state index >= 15 is 0 Å². The van der Waals surface area contributed by atoms with Crippen molar-refractivity contribution in [2.75, 3.05) is 19.0 Å². The van der Waals surface area contributed by atoms with Gasteiger partial charge in [0.25, 0.3) is 0 Å². The Labute approximate surface area is 568 Å². The maximum Gasteiger partial charge on any atom is 0.338 e. The van der Waals surface area contributed by atoms with Gasteiger partial charge < -0.3 is 66.3 Å². The van der Waals surface area contributed by atoms with Crippen molar-refractivity contribution in [2.24, 2.45) is 0 Å². The Morgan fingerprint density at radius 2 is 0.704 bits per heavy atom. The zero-order valence-corrected chi connectivity index (χ0v) is 53.8. The molecular formula is C76H68O21S. The number of fused-ring (bicyclic) bond motifs is 1. The molecular weight excluding hydrogens is 1280 g/mol. The Morgan fingerprint density at radius 1 is 0.367 bits per heavy atom. The molecule has 98 heavy (non-hydrogen) atoms. The van der Waals surface area contributed by atoms with Gasteiger partial charge in [0, 0.05) is 5.56 Å². The van der Waals surface area contributed by atoms with E-state index in [1.165, 1.54) is 84.6 Å². The summed E-state index contributed by atoms with van der Waals surface area (Å²) in [7, 11) is 0. The SMILES string of the molecule is CCS[C@@H]1O[C@@H]2CO[C@@H](c3ccccc3)O[C@H]2[C@H](O[C@@H]2O[C@H](COC(=O)c3ccccc3)[C@@H](OC(=O)c3ccccc3)[C@H](OC(=O)c3ccccc3)[C@H]2OC(=O)c2ccccc2)[C@H]1O[C@@H]1O[C@@H](C)[C@H](OC(=O)c2ccccc2)[C@@H](OC(=O)c2ccccc2)[C@H]1OC(=O)c1ccccc1. The molecule has 0 aliphatic carbocycles. The fourth-order valence-corrected chi connectivity index (χ4v) is 12.6. The second-order valence-corrected chi connectivity index (χ2v) is 24.4. The van der Waals surface area contributed by atoms with Gasteiger partial charge in [0.1, 0.15) is 42.6 Å². The molecule has 0 bridgehead atoms. The number of hydrogen-bond donors (Lipinski definition) is 0. The molecule has 4 fully saturated rings. The van der Waals surface area contributed by atoms with Crippen molar-refractivity contribution in [1.82, 2.24) is 0 Å². The molecule has 8 aromatic rings. The Morgan fingerprint density at radius 3 is 1.11 bits per heavy atom. The molecule has 4 aliphatic heterocycles. The summed E-state index contributed by atoms with van der Waals surface area (Å²) in [5.41, 5.74) is 0.0981. The van der Waals surface area contributed by atoms with Gasteiger partial charge in [-0.1, -0.05) is 165 Å². The van der Waals surface area contributed by atoms with E-state index in [9.17, 15) is 33.6 Å². The summed E-state index contributed by atoms with van der Waals surface area (Å²) in [6.07, 6.45) is -23.5. The molecule has 8 aromatic carbocycles. The lowest BCUT2D eigenvalue weighted by molar-refractivity contribution is -0.384. The number of thioether (sulfide) groups is 1. The molecule has 0 spiro atoms. The maximum absolute atomic E-state index is 14.9. The molecule has 504 valence electrons. The average molecular weight is 1350 g/mol. The monoisotopic (exact) mass is 1350 g/mol. The van der Waals surface area contributed by atoms with Gasteiger partial charge in [-0.05, 0) is 97.6 Å². The summed E-state index contributed by atoms with van der Waals surface area (Å²) in [6, 6.07) is 64.9. The first-order chi connectivity index (χ1) is 47.9. The molecule has 0 saturated carbocycles. The molecule has 4 aliphatic rings. The highest BCUT2D eigenvalue weighted by atomic mass is 32.2. The van der Waals surface area contributed by atoms with E-state index in [-0.39, 0.29) is 45.6 Å². The van der Waals surface area contributed by atoms with E-state index in [0.717, 1.165) is 0 Å². The van der Waals surface area contributed by atoms with Gasteiger partial charge in [0.15, 0.2) is 55.5 Å². The number of ether oxygens (including phenoxy) is 14. The minimum absolute atomic E-state index is 0.0382. The van der Waals surface area contributed by atoms with Crippen molar-refractivity contribution < 1.29 is 99.9 Å². The highest BCUT2D eigenvalue weighted by Crippen LogP contribution is 2.44. The third-order valence-corrected chi connectivity index (χ3v) is 17.5. The van der Waals surface area contributed by atoms with Crippen LogP contribution in [0.3, 0.4) is 0 Å². The molecule has 21 nitrogen and oxygen atoms in total. The van der Waals surface area contributed by atoms with Gasteiger partial charge in [-0.25, -0.2) is 33.6 Å². The lowest BCUT2D eigenvalue weighted by Crippen LogP contribution is -2.69. The van der Waals surface area contributed by atoms with Crippen LogP contribution in [0.1, 0.15) is 98.2 Å². The minimum Gasteiger partial charge on any atom is -0.459 e. The summed E-state index contributed by atoms with van der Waals surface area (Å²) in [6.45, 7) is 2.62. The quantitative estimate of drug-likeness (QED) is 0.0452. The minimum atomic E-state index is -1.95. The van der Waals surface area contributed by atoms with Crippen molar-refractivity contribution in [3.8, 4) is 0 Å². The first-order valence-electron chi connectivity index (χ1n) is 31.9. The second-order valence-electron chi connectivity index (χ2n) is 23.0. The third kappa shape index (κ3) is 16.4. The van der Waals surface area contributed by atoms with Crippen molar-refractivity contribution in [1.29, 1.82) is 0 Å². The number of benzene rings is 8. The van der Waals surface area contributed by atoms with Crippen LogP contribution in [0.5, 0.6) is 0 Å². The predicted octanol–water partition coefficient (Wildman–Crippen LogP) is 11.0. The molecule has 0 N–H and O–H groups in total. The number of carbonyl (C=O) groups is 7. The number of hydrogen-bond acceptors (Lipinski definition) is 22. The second kappa shape index (κ2) is 32.4. The van der Waals surface area contributed by atoms with Crippen LogP contribution < -0.4 is 0 Å². The van der Waals surface area contributed by atoms with Crippen molar-refractivity contribution in [2.45, 2.75) is 111 Å². The third-order valence-electron chi connectivity index (χ3n) is 16.5. The van der Waals surface area contributed by atoms with Crippen LogP contribution in [0.4, 0.5) is 0 Å². The number of rotatable bonds is 22. The van der Waals surface area contributed by atoms with E-state index in [0.29, 0.717) is 11.3 Å². The Bertz CT molecular complexity index is 3960. The first-order valence-corrected chi connectivity index (χ1v) is 32.9. The standard InChI is InChI=1S/C76H68O21S/c1-3-98-76-65(97-74-63(93-71(82)52-38-22-9-23-39-52)60(91-69(80)50-34-18-7-19-35-50)57(46(2)86-74)89-67(78)48-30-14-5-15-31-48)62(59-56(88-76)45-85-73(95-59)54-42-26-11-27-43-54)96-75-64(94-72(83)53-40-24-10-25-41-53)61(92-70(81)51-36-20-8-21-37-51)58(90-68(79)49-32-16-6-17-33-49)55(87-75)44-84-66(77)47-28-12-4-13-29-47/h4-43,46,55-65,73-76H,3,44-45H2,1-2H3/t46-,55+,56+,57-,58+,59+,60+,61-,62-,63+,64+,65+,73+,74-,75-,76-/m0/s1. The first kappa shape index (κ1) is 68.1. The molecule has 0 aromatic heterocycles. The van der Waals surface area contributed by atoms with Crippen molar-refractivity contribution in [3.05, 3.63) is 287 Å². The molecule has 12 rings (SSSR count). The van der Waals surface area contributed by atoms with Crippen LogP contribution in [0.15, 0.2) is 243 Å². The molecule has 4 saturated heterocycles. The maximum atomic E-state index is 14.9. The summed E-state index contributed by atoms with van der Waals surface area (Å²) in [5.74, 6) is -5.93. The van der Waals surface area contributed by atoms with Crippen LogP contribution in [0, 0.1) is 0 Å². The Balaban J connectivity index is 1.00. The summed E-state index contributed by atoms with van der Waals surface area (Å²) < 4.78 is 93.4. The molecule has 0 amide bonds. The highest BCUT2D eigenvalue weighted by Gasteiger charge is 2.60. The normalized spacial score (nSPS) is 26.5. The fraction of sp³-hybridized carbons (Fsp3) is 0.276. The molecule has 16 atom stereocenters. The average Bonchev–Trinajstić information content (AvgIpc) is 0.755. The van der Waals surface area contributed by atoms with Crippen LogP contribution in [0.25, 0.3) is 0 Å². The molecule has 22 heteroatoms. The summed E-state index contributed by atoms with van der Waals surface area (Å²) in [4.78, 5) is 102. The van der Waals surface area contributed by atoms with Gasteiger partial charge >= 0.3 is 41.8 Å². The van der Waals surface area contributed by atoms with Gasteiger partial charge in [-0.3, -0.25) is 0 Å². The zero-order valence-electron chi connectivity index (χ0n) is 52.9. The lowest BCUT2D eigenvalue weighted by Gasteiger charge is -2.52. The smallest absolute Gasteiger partial charge is 0.338 e. The van der Waals surface area contributed by atoms with Crippen LogP contribution in [-0.2, 0) is 66.3 Å². The van der Waals surface area contributed by atoms with Crippen LogP contribution >= 0.6 is 11.8 Å². The van der Waals surface area contributed by atoms with Gasteiger partial charge in [-0.15, -0.1) is 11.8 Å². The molecule has 0 unspecified atom stereocenters. The lowest BCUT2D eigenvalue weighted by atomic mass is 9.95. The number of esters is 7. The van der Waals surface area contributed by atoms with E-state index < -0.39 is 146 Å². The van der Waals surface area contributed by atoms with Crippen LogP contribution in [0.2, 0.25) is 0 Å². The Hall–Kier alpha value is -9.88. The fourth-order valence-electron chi connectivity index (χ4n) is 11.7. The zero-order chi connectivity index (χ0) is 67.9.